The summed E-state index contributed by atoms with van der Waals surface area (Å²) < 4.78 is 30.6. The first kappa shape index (κ1) is 26.2. The van der Waals surface area contributed by atoms with Gasteiger partial charge in [-0.05, 0) is 43.7 Å². The monoisotopic (exact) mass is 546 g/mol. The molecule has 11 heteroatoms. The van der Waals surface area contributed by atoms with Gasteiger partial charge in [-0.15, -0.1) is 11.3 Å². The van der Waals surface area contributed by atoms with Crippen molar-refractivity contribution in [3.05, 3.63) is 75.9 Å². The Hall–Kier alpha value is -2.92. The second kappa shape index (κ2) is 11.0. The predicted octanol–water partition coefficient (Wildman–Crippen LogP) is 4.16. The van der Waals surface area contributed by atoms with Gasteiger partial charge >= 0.3 is 0 Å². The second-order valence-corrected chi connectivity index (χ2v) is 12.2. The van der Waals surface area contributed by atoms with Gasteiger partial charge < -0.3 is 15.8 Å². The van der Waals surface area contributed by atoms with Crippen molar-refractivity contribution in [2.75, 3.05) is 25.1 Å². The fraction of sp³-hybridized carbons (Fsp3) is 0.280. The van der Waals surface area contributed by atoms with Crippen LogP contribution >= 0.6 is 22.9 Å². The Morgan fingerprint density at radius 2 is 2.00 bits per heavy atom. The third-order valence-corrected chi connectivity index (χ3v) is 8.06. The molecule has 8 nitrogen and oxygen atoms in total. The number of nitrogens with zero attached hydrogens (tertiary/aromatic N) is 2. The number of halogens is 1. The lowest BCUT2D eigenvalue weighted by Crippen LogP contribution is -2.24. The minimum atomic E-state index is -2.98. The number of hydrogen-bond donors (Lipinski definition) is 2. The molecule has 190 valence electrons. The molecule has 3 N–H and O–H groups in total. The lowest BCUT2D eigenvalue weighted by atomic mass is 10.1. The predicted molar refractivity (Wildman–Crippen MR) is 144 cm³/mol. The lowest BCUT2D eigenvalue weighted by Gasteiger charge is -2.16. The quantitative estimate of drug-likeness (QED) is 0.273. The molecule has 2 aromatic carbocycles. The van der Waals surface area contributed by atoms with E-state index < -0.39 is 15.7 Å². The number of thiophene rings is 1. The highest BCUT2D eigenvalue weighted by molar-refractivity contribution is 7.90. The number of nitrogens with two attached hydrogens (primary N) is 1. The highest BCUT2D eigenvalue weighted by atomic mass is 35.5. The molecular weight excluding hydrogens is 520 g/mol. The van der Waals surface area contributed by atoms with Crippen LogP contribution < -0.4 is 15.8 Å². The second-order valence-electron chi connectivity index (χ2n) is 8.49. The van der Waals surface area contributed by atoms with E-state index in [-0.39, 0.29) is 11.9 Å². The molecule has 0 aliphatic rings. The van der Waals surface area contributed by atoms with Crippen LogP contribution in [-0.4, -0.2) is 49.0 Å². The first-order valence-electron chi connectivity index (χ1n) is 11.3. The molecule has 0 aliphatic heterocycles. The van der Waals surface area contributed by atoms with Gasteiger partial charge in [-0.1, -0.05) is 35.9 Å². The summed E-state index contributed by atoms with van der Waals surface area (Å²) in [5, 5.41) is 4.49. The van der Waals surface area contributed by atoms with E-state index in [9.17, 15) is 13.2 Å². The first-order valence-corrected chi connectivity index (χ1v) is 14.6. The largest absolute Gasteiger partial charge is 0.484 e. The molecule has 0 unspecified atom stereocenters. The van der Waals surface area contributed by atoms with Gasteiger partial charge in [-0.2, -0.15) is 0 Å². The number of ether oxygens (including phenoxy) is 1. The zero-order valence-corrected chi connectivity index (χ0v) is 22.3. The van der Waals surface area contributed by atoms with Crippen LogP contribution in [0.2, 0.25) is 5.02 Å². The summed E-state index contributed by atoms with van der Waals surface area (Å²) in [6.07, 6.45) is 3.27. The van der Waals surface area contributed by atoms with Crippen molar-refractivity contribution in [1.82, 2.24) is 14.9 Å². The molecular formula is C25H27ClN4O4S2. The van der Waals surface area contributed by atoms with Gasteiger partial charge in [-0.25, -0.2) is 13.4 Å². The van der Waals surface area contributed by atoms with Crippen LogP contribution in [-0.2, 0) is 16.3 Å². The number of hydrogen-bond acceptors (Lipinski definition) is 7. The van der Waals surface area contributed by atoms with Crippen LogP contribution in [0, 0.1) is 0 Å². The van der Waals surface area contributed by atoms with Gasteiger partial charge in [0.05, 0.1) is 16.8 Å². The van der Waals surface area contributed by atoms with E-state index in [2.05, 4.69) is 10.3 Å². The Kier molecular flexibility index (Phi) is 7.99. The summed E-state index contributed by atoms with van der Waals surface area (Å²) in [4.78, 5) is 17.0. The van der Waals surface area contributed by atoms with Crippen LogP contribution in [0.4, 0.5) is 0 Å². The van der Waals surface area contributed by atoms with Crippen molar-refractivity contribution < 1.29 is 17.9 Å². The molecule has 0 radical (unpaired) electrons. The Morgan fingerprint density at radius 3 is 2.72 bits per heavy atom. The van der Waals surface area contributed by atoms with Crippen molar-refractivity contribution >= 4 is 49.7 Å². The number of aromatic nitrogens is 2. The molecule has 36 heavy (non-hydrogen) atoms. The van der Waals surface area contributed by atoms with Gasteiger partial charge in [0.15, 0.2) is 0 Å². The molecule has 0 spiro atoms. The Balaban J connectivity index is 1.56. The van der Waals surface area contributed by atoms with Crippen molar-refractivity contribution in [1.29, 1.82) is 0 Å². The normalized spacial score (nSPS) is 12.6. The molecule has 0 saturated carbocycles. The van der Waals surface area contributed by atoms with Crippen molar-refractivity contribution in [3.63, 3.8) is 0 Å². The highest BCUT2D eigenvalue weighted by Gasteiger charge is 2.21. The maximum Gasteiger partial charge on any atom is 0.262 e. The zero-order chi connectivity index (χ0) is 25.9. The Labute approximate surface area is 219 Å². The van der Waals surface area contributed by atoms with E-state index in [0.717, 1.165) is 33.6 Å². The average molecular weight is 547 g/mol. The number of fused-ring (bicyclic) bond motifs is 1. The molecule has 2 heterocycles. The molecule has 2 aromatic heterocycles. The maximum absolute atomic E-state index is 12.2. The Bertz CT molecular complexity index is 1500. The molecule has 0 saturated heterocycles. The minimum Gasteiger partial charge on any atom is -0.484 e. The van der Waals surface area contributed by atoms with E-state index in [1.165, 1.54) is 17.6 Å². The lowest BCUT2D eigenvalue weighted by molar-refractivity contribution is 0.0998. The summed E-state index contributed by atoms with van der Waals surface area (Å²) in [7, 11) is -2.98. The fourth-order valence-corrected chi connectivity index (χ4v) is 5.53. The van der Waals surface area contributed by atoms with Gasteiger partial charge in [0.2, 0.25) is 0 Å². The molecule has 0 aliphatic carbocycles. The number of primary amides is 1. The van der Waals surface area contributed by atoms with E-state index in [4.69, 9.17) is 22.1 Å². The van der Waals surface area contributed by atoms with Crippen LogP contribution in [0.15, 0.2) is 54.9 Å². The number of benzene rings is 2. The molecule has 0 bridgehead atoms. The summed E-state index contributed by atoms with van der Waals surface area (Å²) >= 11 is 7.55. The van der Waals surface area contributed by atoms with Crippen molar-refractivity contribution in [3.8, 4) is 10.8 Å². The SMILES string of the molecule is C[C@@H](Oc1cc(-n2cnc3ccc(CCNCCS(C)(=O)=O)cc32)sc1C(N)=O)c1ccccc1Cl. The molecule has 1 atom stereocenters. The average Bonchev–Trinajstić information content (AvgIpc) is 3.42. The molecule has 0 fully saturated rings. The number of carbonyl (C=O) groups excluding carboxylic acids is 1. The summed E-state index contributed by atoms with van der Waals surface area (Å²) in [6, 6.07) is 15.2. The van der Waals surface area contributed by atoms with Gasteiger partial charge in [0.1, 0.15) is 37.9 Å². The van der Waals surface area contributed by atoms with Crippen LogP contribution in [0.5, 0.6) is 5.75 Å². The Morgan fingerprint density at radius 1 is 1.22 bits per heavy atom. The van der Waals surface area contributed by atoms with Gasteiger partial charge in [0, 0.05) is 29.5 Å². The number of sulfone groups is 1. The number of amides is 1. The van der Waals surface area contributed by atoms with E-state index in [1.54, 1.807) is 18.5 Å². The maximum atomic E-state index is 12.2. The zero-order valence-electron chi connectivity index (χ0n) is 19.9. The number of rotatable bonds is 11. The number of nitrogens with one attached hydrogen (secondary N) is 1. The molecule has 4 rings (SSSR count). The minimum absolute atomic E-state index is 0.110. The van der Waals surface area contributed by atoms with Crippen LogP contribution in [0.1, 0.15) is 33.8 Å². The smallest absolute Gasteiger partial charge is 0.262 e. The topological polar surface area (TPSA) is 116 Å². The summed E-state index contributed by atoms with van der Waals surface area (Å²) in [5.74, 6) is -0.0697. The molecule has 4 aromatic rings. The summed E-state index contributed by atoms with van der Waals surface area (Å²) in [6.45, 7) is 2.93. The third-order valence-electron chi connectivity index (χ3n) is 5.64. The highest BCUT2D eigenvalue weighted by Crippen LogP contribution is 2.37. The van der Waals surface area contributed by atoms with E-state index in [1.807, 2.05) is 47.9 Å². The third kappa shape index (κ3) is 6.25. The van der Waals surface area contributed by atoms with Crippen molar-refractivity contribution in [2.24, 2.45) is 5.73 Å². The van der Waals surface area contributed by atoms with Gasteiger partial charge in [-0.3, -0.25) is 9.36 Å². The van der Waals surface area contributed by atoms with E-state index >= 15 is 0 Å². The standard InChI is InChI=1S/C25H27ClN4O4S2/c1-16(18-5-3-4-6-19(18)26)34-22-14-23(35-24(22)25(27)31)30-15-29-20-8-7-17(13-21(20)30)9-10-28-11-12-36(2,32)33/h3-8,13-16,28H,9-12H2,1-2H3,(H2,27,31)/t16-/m1/s1. The fourth-order valence-electron chi connectivity index (χ4n) is 3.80. The van der Waals surface area contributed by atoms with Crippen molar-refractivity contribution in [2.45, 2.75) is 19.4 Å². The van der Waals surface area contributed by atoms with Gasteiger partial charge in [0.25, 0.3) is 5.91 Å². The summed E-state index contributed by atoms with van der Waals surface area (Å²) in [5.41, 5.74) is 9.24. The van der Waals surface area contributed by atoms with Crippen LogP contribution in [0.25, 0.3) is 16.0 Å². The van der Waals surface area contributed by atoms with E-state index in [0.29, 0.717) is 28.7 Å². The number of carbonyl (C=O) groups is 1. The first-order chi connectivity index (χ1) is 17.1. The molecule has 1 amide bonds. The number of imidazole rings is 1. The van der Waals surface area contributed by atoms with Crippen LogP contribution in [0.3, 0.4) is 0 Å².